The molecule has 4 heteroatoms. The van der Waals surface area contributed by atoms with Crippen LogP contribution >= 0.6 is 0 Å². The molecule has 1 aromatic heterocycles. The molecule has 100 valence electrons. The molecule has 0 bridgehead atoms. The molecule has 0 saturated heterocycles. The highest BCUT2D eigenvalue weighted by Crippen LogP contribution is 2.34. The first-order valence-corrected chi connectivity index (χ1v) is 6.82. The Morgan fingerprint density at radius 1 is 1.28 bits per heavy atom. The van der Waals surface area contributed by atoms with Gasteiger partial charge in [0.05, 0.1) is 0 Å². The lowest BCUT2D eigenvalue weighted by Crippen LogP contribution is -2.16. The van der Waals surface area contributed by atoms with E-state index in [0.717, 1.165) is 23.8 Å². The first-order chi connectivity index (χ1) is 8.48. The molecule has 1 aliphatic rings. The van der Waals surface area contributed by atoms with Gasteiger partial charge in [-0.1, -0.05) is 33.6 Å². The lowest BCUT2D eigenvalue weighted by molar-refractivity contribution is 0.399. The van der Waals surface area contributed by atoms with Crippen LogP contribution in [0.3, 0.4) is 0 Å². The Hall–Kier alpha value is -1.16. The molecule has 1 saturated carbocycles. The highest BCUT2D eigenvalue weighted by molar-refractivity contribution is 5.36. The molecule has 18 heavy (non-hydrogen) atoms. The molecule has 1 aliphatic carbocycles. The van der Waals surface area contributed by atoms with Crippen molar-refractivity contribution in [2.24, 2.45) is 11.3 Å². The van der Waals surface area contributed by atoms with Crippen LogP contribution in [0.15, 0.2) is 6.07 Å². The molecule has 0 aliphatic heterocycles. The van der Waals surface area contributed by atoms with Gasteiger partial charge in [0.2, 0.25) is 0 Å². The maximum absolute atomic E-state index is 5.51. The summed E-state index contributed by atoms with van der Waals surface area (Å²) in [5.41, 5.74) is 4.02. The summed E-state index contributed by atoms with van der Waals surface area (Å²) in [6.45, 7) is 6.61. The zero-order chi connectivity index (χ0) is 13.2. The van der Waals surface area contributed by atoms with Crippen molar-refractivity contribution in [3.05, 3.63) is 17.6 Å². The minimum absolute atomic E-state index is 0.195. The number of anilines is 1. The Kier molecular flexibility index (Phi) is 3.85. The van der Waals surface area contributed by atoms with E-state index in [1.165, 1.54) is 25.7 Å². The van der Waals surface area contributed by atoms with Gasteiger partial charge >= 0.3 is 0 Å². The number of hydrogen-bond donors (Lipinski definition) is 2. The van der Waals surface area contributed by atoms with Crippen LogP contribution in [0, 0.1) is 5.41 Å². The third-order valence-electron chi connectivity index (χ3n) is 3.40. The van der Waals surface area contributed by atoms with Crippen LogP contribution in [0.25, 0.3) is 0 Å². The number of hydrogen-bond acceptors (Lipinski definition) is 4. The number of nitrogens with two attached hydrogens (primary N) is 1. The molecular formula is C14H24N4. The van der Waals surface area contributed by atoms with Crippen LogP contribution in [0.4, 0.5) is 5.82 Å². The third-order valence-corrected chi connectivity index (χ3v) is 3.40. The van der Waals surface area contributed by atoms with Crippen molar-refractivity contribution in [2.75, 3.05) is 5.43 Å². The third kappa shape index (κ3) is 3.42. The Morgan fingerprint density at radius 3 is 2.50 bits per heavy atom. The number of nitrogens with zero attached hydrogens (tertiary/aromatic N) is 2. The second kappa shape index (κ2) is 5.22. The number of nitrogens with one attached hydrogen (secondary N) is 1. The lowest BCUT2D eigenvalue weighted by Gasteiger charge is -2.19. The Balaban J connectivity index is 2.26. The topological polar surface area (TPSA) is 63.8 Å². The summed E-state index contributed by atoms with van der Waals surface area (Å²) >= 11 is 0. The van der Waals surface area contributed by atoms with E-state index in [0.29, 0.717) is 5.92 Å². The normalized spacial score (nSPS) is 17.1. The first-order valence-electron chi connectivity index (χ1n) is 6.82. The van der Waals surface area contributed by atoms with E-state index in [1.807, 2.05) is 6.07 Å². The fourth-order valence-corrected chi connectivity index (χ4v) is 2.58. The summed E-state index contributed by atoms with van der Waals surface area (Å²) in [6, 6.07) is 2.00. The summed E-state index contributed by atoms with van der Waals surface area (Å²) in [5, 5.41) is 0. The van der Waals surface area contributed by atoms with Crippen LogP contribution in [0.1, 0.15) is 63.9 Å². The molecule has 1 fully saturated rings. The van der Waals surface area contributed by atoms with Gasteiger partial charge in [0.15, 0.2) is 0 Å². The fourth-order valence-electron chi connectivity index (χ4n) is 2.58. The van der Waals surface area contributed by atoms with Gasteiger partial charge in [0.1, 0.15) is 11.6 Å². The van der Waals surface area contributed by atoms with Gasteiger partial charge < -0.3 is 5.43 Å². The molecule has 0 amide bonds. The largest absolute Gasteiger partial charge is 0.308 e. The molecule has 1 aromatic rings. The van der Waals surface area contributed by atoms with Crippen LogP contribution < -0.4 is 11.3 Å². The van der Waals surface area contributed by atoms with E-state index in [-0.39, 0.29) is 5.41 Å². The zero-order valence-electron chi connectivity index (χ0n) is 11.7. The molecule has 2 rings (SSSR count). The summed E-state index contributed by atoms with van der Waals surface area (Å²) < 4.78 is 0. The van der Waals surface area contributed by atoms with Crippen LogP contribution in [0.2, 0.25) is 0 Å². The van der Waals surface area contributed by atoms with Crippen molar-refractivity contribution in [3.63, 3.8) is 0 Å². The van der Waals surface area contributed by atoms with Gasteiger partial charge in [-0.2, -0.15) is 0 Å². The highest BCUT2D eigenvalue weighted by atomic mass is 15.3. The maximum atomic E-state index is 5.51. The molecule has 0 aromatic carbocycles. The van der Waals surface area contributed by atoms with Crippen molar-refractivity contribution >= 4 is 5.82 Å². The van der Waals surface area contributed by atoms with E-state index >= 15 is 0 Å². The number of nitrogen functional groups attached to an aromatic ring is 1. The van der Waals surface area contributed by atoms with Crippen LogP contribution in [0.5, 0.6) is 0 Å². The Bertz CT molecular complexity index is 403. The molecule has 1 heterocycles. The van der Waals surface area contributed by atoms with Gasteiger partial charge in [-0.15, -0.1) is 0 Å². The molecule has 0 atom stereocenters. The predicted octanol–water partition coefficient (Wildman–Crippen LogP) is 3.01. The van der Waals surface area contributed by atoms with Gasteiger partial charge in [-0.3, -0.25) is 0 Å². The zero-order valence-corrected chi connectivity index (χ0v) is 11.7. The number of aromatic nitrogens is 2. The van der Waals surface area contributed by atoms with Gasteiger partial charge in [0, 0.05) is 24.1 Å². The monoisotopic (exact) mass is 248 g/mol. The summed E-state index contributed by atoms with van der Waals surface area (Å²) in [7, 11) is 0. The Morgan fingerprint density at radius 2 is 1.94 bits per heavy atom. The van der Waals surface area contributed by atoms with Crippen molar-refractivity contribution in [2.45, 2.75) is 58.8 Å². The second-order valence-corrected chi connectivity index (χ2v) is 6.46. The van der Waals surface area contributed by atoms with E-state index in [4.69, 9.17) is 10.8 Å². The summed E-state index contributed by atoms with van der Waals surface area (Å²) in [5.74, 6) is 7.75. The smallest absolute Gasteiger partial charge is 0.143 e. The van der Waals surface area contributed by atoms with Gasteiger partial charge in [-0.25, -0.2) is 15.8 Å². The first kappa shape index (κ1) is 13.3. The highest BCUT2D eigenvalue weighted by Gasteiger charge is 2.21. The number of hydrazine groups is 1. The number of rotatable bonds is 3. The quantitative estimate of drug-likeness (QED) is 0.637. The van der Waals surface area contributed by atoms with Crippen molar-refractivity contribution in [3.8, 4) is 0 Å². The molecule has 3 N–H and O–H groups in total. The lowest BCUT2D eigenvalue weighted by atomic mass is 9.92. The van der Waals surface area contributed by atoms with Crippen molar-refractivity contribution in [1.82, 2.24) is 9.97 Å². The van der Waals surface area contributed by atoms with Crippen LogP contribution in [-0.4, -0.2) is 9.97 Å². The molecule has 0 spiro atoms. The minimum Gasteiger partial charge on any atom is -0.308 e. The maximum Gasteiger partial charge on any atom is 0.143 e. The average Bonchev–Trinajstić information content (AvgIpc) is 2.79. The summed E-state index contributed by atoms with van der Waals surface area (Å²) in [4.78, 5) is 9.20. The fraction of sp³-hybridized carbons (Fsp3) is 0.714. The standard InChI is InChI=1S/C14H24N4/c1-14(2,3)9-13-16-11(8-12(17-13)18-15)10-6-4-5-7-10/h8,10H,4-7,9,15H2,1-3H3,(H,16,17,18). The average molecular weight is 248 g/mol. The second-order valence-electron chi connectivity index (χ2n) is 6.46. The SMILES string of the molecule is CC(C)(C)Cc1nc(NN)cc(C2CCCC2)n1. The molecule has 0 radical (unpaired) electrons. The van der Waals surface area contributed by atoms with Gasteiger partial charge in [0.25, 0.3) is 0 Å². The predicted molar refractivity (Wildman–Crippen MR) is 74.2 cm³/mol. The Labute approximate surface area is 109 Å². The van der Waals surface area contributed by atoms with E-state index < -0.39 is 0 Å². The van der Waals surface area contributed by atoms with Gasteiger partial charge in [-0.05, 0) is 18.3 Å². The minimum atomic E-state index is 0.195. The molecule has 0 unspecified atom stereocenters. The van der Waals surface area contributed by atoms with E-state index in [2.05, 4.69) is 31.2 Å². The van der Waals surface area contributed by atoms with Crippen LogP contribution in [-0.2, 0) is 6.42 Å². The summed E-state index contributed by atoms with van der Waals surface area (Å²) in [6.07, 6.45) is 6.00. The van der Waals surface area contributed by atoms with Crippen molar-refractivity contribution in [1.29, 1.82) is 0 Å². The van der Waals surface area contributed by atoms with E-state index in [1.54, 1.807) is 0 Å². The molecule has 4 nitrogen and oxygen atoms in total. The van der Waals surface area contributed by atoms with E-state index in [9.17, 15) is 0 Å². The molecular weight excluding hydrogens is 224 g/mol. The van der Waals surface area contributed by atoms with Crippen molar-refractivity contribution < 1.29 is 0 Å².